The third-order valence-corrected chi connectivity index (χ3v) is 1.87. The lowest BCUT2D eigenvalue weighted by atomic mass is 10.2. The lowest BCUT2D eigenvalue weighted by Crippen LogP contribution is -2.11. The fourth-order valence-corrected chi connectivity index (χ4v) is 1.21. The summed E-state index contributed by atoms with van der Waals surface area (Å²) in [6.45, 7) is 0.674. The molecule has 1 aromatic rings. The van der Waals surface area contributed by atoms with E-state index in [4.69, 9.17) is 0 Å². The summed E-state index contributed by atoms with van der Waals surface area (Å²) < 4.78 is 4.58. The largest absolute Gasteiger partial charge is 0.465 e. The van der Waals surface area contributed by atoms with Crippen LogP contribution in [0.25, 0.3) is 0 Å². The number of hydrogen-bond acceptors (Lipinski definition) is 5. The van der Waals surface area contributed by atoms with Gasteiger partial charge in [-0.3, -0.25) is 0 Å². The minimum Gasteiger partial charge on any atom is -0.465 e. The van der Waals surface area contributed by atoms with E-state index in [-0.39, 0.29) is 5.97 Å². The van der Waals surface area contributed by atoms with Gasteiger partial charge in [0, 0.05) is 18.3 Å². The molecule has 0 bridgehead atoms. The Morgan fingerprint density at radius 3 is 3.31 bits per heavy atom. The molecule has 0 aliphatic carbocycles. The molecule has 2 rings (SSSR count). The van der Waals surface area contributed by atoms with Crippen LogP contribution in [0, 0.1) is 0 Å². The third-order valence-electron chi connectivity index (χ3n) is 1.87. The molecule has 5 heteroatoms. The molecule has 0 saturated heterocycles. The van der Waals surface area contributed by atoms with Gasteiger partial charge in [0.2, 0.25) is 0 Å². The molecule has 1 aromatic heterocycles. The van der Waals surface area contributed by atoms with Crippen molar-refractivity contribution in [1.29, 1.82) is 0 Å². The van der Waals surface area contributed by atoms with E-state index in [1.54, 1.807) is 6.07 Å². The number of carbonyl (C=O) groups excluding carboxylic acids is 1. The van der Waals surface area contributed by atoms with Crippen molar-refractivity contribution < 1.29 is 9.53 Å². The number of rotatable bonds is 1. The summed E-state index contributed by atoms with van der Waals surface area (Å²) in [6, 6.07) is 1.77. The summed E-state index contributed by atoms with van der Waals surface area (Å²) in [6.07, 6.45) is 1.49. The SMILES string of the molecule is COC(=O)c1cnc2c(c1)CNN2. The first-order valence-corrected chi connectivity index (χ1v) is 3.87. The monoisotopic (exact) mass is 179 g/mol. The Balaban J connectivity index is 2.36. The van der Waals surface area contributed by atoms with Crippen LogP contribution < -0.4 is 10.9 Å². The number of aromatic nitrogens is 1. The van der Waals surface area contributed by atoms with Crippen LogP contribution in [0.5, 0.6) is 0 Å². The van der Waals surface area contributed by atoms with E-state index in [0.29, 0.717) is 12.1 Å². The summed E-state index contributed by atoms with van der Waals surface area (Å²) in [4.78, 5) is 15.2. The summed E-state index contributed by atoms with van der Waals surface area (Å²) in [5, 5.41) is 0. The van der Waals surface area contributed by atoms with Gasteiger partial charge in [-0.05, 0) is 6.07 Å². The van der Waals surface area contributed by atoms with Crippen molar-refractivity contribution >= 4 is 11.8 Å². The smallest absolute Gasteiger partial charge is 0.339 e. The average molecular weight is 179 g/mol. The lowest BCUT2D eigenvalue weighted by molar-refractivity contribution is 0.0600. The second kappa shape index (κ2) is 3.02. The standard InChI is InChI=1S/C8H9N3O2/c1-13-8(12)6-2-5-4-10-11-7(5)9-3-6/h2-3,10H,4H2,1H3,(H,9,11). The highest BCUT2D eigenvalue weighted by molar-refractivity contribution is 5.89. The van der Waals surface area contributed by atoms with Crippen molar-refractivity contribution in [1.82, 2.24) is 10.4 Å². The van der Waals surface area contributed by atoms with E-state index in [0.717, 1.165) is 11.4 Å². The highest BCUT2D eigenvalue weighted by Gasteiger charge is 2.14. The van der Waals surface area contributed by atoms with Crippen LogP contribution in [-0.2, 0) is 11.3 Å². The molecular weight excluding hydrogens is 170 g/mol. The molecule has 0 spiro atoms. The van der Waals surface area contributed by atoms with Gasteiger partial charge < -0.3 is 10.2 Å². The van der Waals surface area contributed by atoms with E-state index in [1.807, 2.05) is 0 Å². The van der Waals surface area contributed by atoms with Crippen LogP contribution in [-0.4, -0.2) is 18.1 Å². The van der Waals surface area contributed by atoms with Crippen molar-refractivity contribution in [3.05, 3.63) is 23.4 Å². The summed E-state index contributed by atoms with van der Waals surface area (Å²) in [5.74, 6) is 0.412. The molecule has 0 fully saturated rings. The van der Waals surface area contributed by atoms with Gasteiger partial charge in [0.25, 0.3) is 0 Å². The second-order valence-electron chi connectivity index (χ2n) is 2.70. The fourth-order valence-electron chi connectivity index (χ4n) is 1.21. The molecule has 0 aromatic carbocycles. The zero-order valence-electron chi connectivity index (χ0n) is 7.13. The van der Waals surface area contributed by atoms with Crippen molar-refractivity contribution in [2.75, 3.05) is 12.5 Å². The summed E-state index contributed by atoms with van der Waals surface area (Å²) in [5.41, 5.74) is 7.23. The maximum absolute atomic E-state index is 11.1. The van der Waals surface area contributed by atoms with Gasteiger partial charge in [0.1, 0.15) is 5.82 Å². The number of hydrazine groups is 1. The number of ether oxygens (including phenoxy) is 1. The molecule has 0 atom stereocenters. The quantitative estimate of drug-likeness (QED) is 0.607. The molecule has 2 heterocycles. The van der Waals surface area contributed by atoms with Crippen LogP contribution in [0.15, 0.2) is 12.3 Å². The van der Waals surface area contributed by atoms with E-state index < -0.39 is 0 Å². The Morgan fingerprint density at radius 1 is 1.69 bits per heavy atom. The number of methoxy groups -OCH3 is 1. The molecule has 1 aliphatic heterocycles. The highest BCUT2D eigenvalue weighted by atomic mass is 16.5. The van der Waals surface area contributed by atoms with Gasteiger partial charge in [0.05, 0.1) is 12.7 Å². The van der Waals surface area contributed by atoms with Gasteiger partial charge in [-0.1, -0.05) is 0 Å². The van der Waals surface area contributed by atoms with Gasteiger partial charge in [-0.2, -0.15) is 0 Å². The Bertz CT molecular complexity index is 351. The lowest BCUT2D eigenvalue weighted by Gasteiger charge is -2.00. The van der Waals surface area contributed by atoms with E-state index in [9.17, 15) is 4.79 Å². The maximum Gasteiger partial charge on any atom is 0.339 e. The molecule has 0 saturated carbocycles. The molecule has 1 aliphatic rings. The van der Waals surface area contributed by atoms with Crippen LogP contribution in [0.2, 0.25) is 0 Å². The zero-order valence-corrected chi connectivity index (χ0v) is 7.13. The number of nitrogens with zero attached hydrogens (tertiary/aromatic N) is 1. The molecule has 68 valence electrons. The Morgan fingerprint density at radius 2 is 2.54 bits per heavy atom. The number of pyridine rings is 1. The van der Waals surface area contributed by atoms with Crippen LogP contribution >= 0.6 is 0 Å². The van der Waals surface area contributed by atoms with Crippen molar-refractivity contribution in [2.45, 2.75) is 6.54 Å². The molecule has 0 unspecified atom stereocenters. The van der Waals surface area contributed by atoms with Crippen molar-refractivity contribution in [3.63, 3.8) is 0 Å². The number of anilines is 1. The first kappa shape index (κ1) is 8.00. The highest BCUT2D eigenvalue weighted by Crippen LogP contribution is 2.17. The number of esters is 1. The maximum atomic E-state index is 11.1. The predicted molar refractivity (Wildman–Crippen MR) is 46.0 cm³/mol. The van der Waals surface area contributed by atoms with E-state index in [1.165, 1.54) is 13.3 Å². The van der Waals surface area contributed by atoms with Gasteiger partial charge in [-0.15, -0.1) is 0 Å². The minimum atomic E-state index is -0.359. The van der Waals surface area contributed by atoms with Crippen molar-refractivity contribution in [2.24, 2.45) is 0 Å². The predicted octanol–water partition coefficient (Wildman–Crippen LogP) is 0.298. The van der Waals surface area contributed by atoms with E-state index in [2.05, 4.69) is 20.6 Å². The topological polar surface area (TPSA) is 63.2 Å². The second-order valence-corrected chi connectivity index (χ2v) is 2.70. The number of nitrogens with one attached hydrogen (secondary N) is 2. The number of hydrogen-bond donors (Lipinski definition) is 2. The normalized spacial score (nSPS) is 13.3. The van der Waals surface area contributed by atoms with Crippen LogP contribution in [0.1, 0.15) is 15.9 Å². The molecule has 2 N–H and O–H groups in total. The van der Waals surface area contributed by atoms with Crippen LogP contribution in [0.4, 0.5) is 5.82 Å². The zero-order chi connectivity index (χ0) is 9.26. The van der Waals surface area contributed by atoms with Gasteiger partial charge in [-0.25, -0.2) is 15.2 Å². The van der Waals surface area contributed by atoms with Crippen molar-refractivity contribution in [3.8, 4) is 0 Å². The molecule has 0 amide bonds. The Hall–Kier alpha value is -1.62. The van der Waals surface area contributed by atoms with E-state index >= 15 is 0 Å². The number of fused-ring (bicyclic) bond motifs is 1. The van der Waals surface area contributed by atoms with Gasteiger partial charge in [0.15, 0.2) is 0 Å². The molecule has 5 nitrogen and oxygen atoms in total. The van der Waals surface area contributed by atoms with Gasteiger partial charge >= 0.3 is 5.97 Å². The molecular formula is C8H9N3O2. The first-order chi connectivity index (χ1) is 6.31. The minimum absolute atomic E-state index is 0.359. The average Bonchev–Trinajstić information content (AvgIpc) is 2.63. The summed E-state index contributed by atoms with van der Waals surface area (Å²) in [7, 11) is 1.35. The Kier molecular flexibility index (Phi) is 1.86. The fraction of sp³-hybridized carbons (Fsp3) is 0.250. The molecule has 0 radical (unpaired) electrons. The third kappa shape index (κ3) is 1.33. The first-order valence-electron chi connectivity index (χ1n) is 3.87. The summed E-state index contributed by atoms with van der Waals surface area (Å²) >= 11 is 0. The number of carbonyl (C=O) groups is 1. The molecule has 13 heavy (non-hydrogen) atoms. The van der Waals surface area contributed by atoms with Crippen LogP contribution in [0.3, 0.4) is 0 Å². The Labute approximate surface area is 75.1 Å².